The minimum Gasteiger partial charge on any atom is -0.449 e. The number of benzene rings is 1. The van der Waals surface area contributed by atoms with Crippen LogP contribution in [-0.4, -0.2) is 36.0 Å². The highest BCUT2D eigenvalue weighted by molar-refractivity contribution is 5.93. The van der Waals surface area contributed by atoms with Crippen LogP contribution in [0, 0.1) is 35.3 Å². The van der Waals surface area contributed by atoms with Gasteiger partial charge in [-0.1, -0.05) is 12.5 Å². The third-order valence-electron chi connectivity index (χ3n) is 4.67. The number of nitrogens with zero attached hydrogens (tertiary/aromatic N) is 2. The standard InChI is InChI=1S/C23H17F2N3O4/c1-3-5-20(29)28(11-17-7-6-16(10-26)32-17)22(23(30)27-15-12-31-13-15)21-18(24)8-14(4-2)9-19(21)25/h2,5-9,15,22H,1,11-13H2,(H,27,30). The first-order valence-corrected chi connectivity index (χ1v) is 9.36. The van der Waals surface area contributed by atoms with Gasteiger partial charge in [0.15, 0.2) is 0 Å². The van der Waals surface area contributed by atoms with Crippen molar-refractivity contribution < 1.29 is 27.5 Å². The number of amides is 2. The normalized spacial score (nSPS) is 13.6. The molecule has 2 heterocycles. The number of carbonyl (C=O) groups excluding carboxylic acids is 2. The second-order valence-electron chi connectivity index (χ2n) is 6.84. The molecule has 0 saturated carbocycles. The Kier molecular flexibility index (Phi) is 6.87. The van der Waals surface area contributed by atoms with Crippen molar-refractivity contribution in [3.63, 3.8) is 0 Å². The molecule has 1 aromatic carbocycles. The summed E-state index contributed by atoms with van der Waals surface area (Å²) < 4.78 is 40.2. The number of rotatable bonds is 7. The van der Waals surface area contributed by atoms with Crippen molar-refractivity contribution in [3.8, 4) is 18.4 Å². The van der Waals surface area contributed by atoms with E-state index in [1.165, 1.54) is 12.1 Å². The number of nitriles is 1. The fraction of sp³-hybridized carbons (Fsp3) is 0.217. The first-order chi connectivity index (χ1) is 15.4. The molecule has 7 nitrogen and oxygen atoms in total. The lowest BCUT2D eigenvalue weighted by atomic mass is 9.99. The van der Waals surface area contributed by atoms with Gasteiger partial charge in [0.05, 0.1) is 31.4 Å². The lowest BCUT2D eigenvalue weighted by Gasteiger charge is -2.33. The van der Waals surface area contributed by atoms with Crippen molar-refractivity contribution in [2.24, 2.45) is 0 Å². The first-order valence-electron chi connectivity index (χ1n) is 9.36. The maximum Gasteiger partial charge on any atom is 0.255 e. The number of halogens is 2. The van der Waals surface area contributed by atoms with Gasteiger partial charge in [0.2, 0.25) is 11.7 Å². The highest BCUT2D eigenvalue weighted by atomic mass is 19.1. The summed E-state index contributed by atoms with van der Waals surface area (Å²) in [5.41, 5.74) is 1.56. The predicted octanol–water partition coefficient (Wildman–Crippen LogP) is 2.34. The summed E-state index contributed by atoms with van der Waals surface area (Å²) in [6.07, 6.45) is 6.15. The Labute approximate surface area is 182 Å². The second-order valence-corrected chi connectivity index (χ2v) is 6.84. The van der Waals surface area contributed by atoms with Gasteiger partial charge in [0, 0.05) is 11.6 Å². The van der Waals surface area contributed by atoms with Gasteiger partial charge in [-0.3, -0.25) is 9.59 Å². The van der Waals surface area contributed by atoms with E-state index in [2.05, 4.69) is 23.5 Å². The third kappa shape index (κ3) is 4.76. The van der Waals surface area contributed by atoms with Gasteiger partial charge in [-0.25, -0.2) is 8.78 Å². The van der Waals surface area contributed by atoms with E-state index in [9.17, 15) is 18.4 Å². The van der Waals surface area contributed by atoms with Crippen LogP contribution in [0.5, 0.6) is 0 Å². The summed E-state index contributed by atoms with van der Waals surface area (Å²) in [7, 11) is 0. The Hall–Kier alpha value is -4.17. The van der Waals surface area contributed by atoms with Crippen LogP contribution in [0.1, 0.15) is 28.7 Å². The summed E-state index contributed by atoms with van der Waals surface area (Å²) in [6, 6.07) is 4.28. The zero-order valence-corrected chi connectivity index (χ0v) is 16.7. The van der Waals surface area contributed by atoms with E-state index in [0.717, 1.165) is 23.1 Å². The molecule has 3 rings (SSSR count). The Morgan fingerprint density at radius 1 is 1.34 bits per heavy atom. The van der Waals surface area contributed by atoms with Crippen LogP contribution in [-0.2, 0) is 20.9 Å². The molecule has 1 atom stereocenters. The molecule has 0 aliphatic carbocycles. The van der Waals surface area contributed by atoms with Gasteiger partial charge in [-0.05, 0) is 24.3 Å². The Morgan fingerprint density at radius 2 is 2.03 bits per heavy atom. The molecule has 1 aromatic heterocycles. The maximum atomic E-state index is 15.0. The molecule has 1 aliphatic heterocycles. The van der Waals surface area contributed by atoms with Crippen LogP contribution >= 0.6 is 0 Å². The fourth-order valence-electron chi connectivity index (χ4n) is 3.11. The Balaban J connectivity index is 2.11. The number of terminal acetylenes is 1. The zero-order chi connectivity index (χ0) is 23.3. The molecule has 1 saturated heterocycles. The topological polar surface area (TPSA) is 95.6 Å². The molecule has 0 spiro atoms. The van der Waals surface area contributed by atoms with Gasteiger partial charge in [-0.15, -0.1) is 12.2 Å². The Morgan fingerprint density at radius 3 is 2.53 bits per heavy atom. The summed E-state index contributed by atoms with van der Waals surface area (Å²) in [4.78, 5) is 26.9. The molecule has 1 fully saturated rings. The molecule has 0 bridgehead atoms. The molecular weight excluding hydrogens is 420 g/mol. The second kappa shape index (κ2) is 9.76. The van der Waals surface area contributed by atoms with E-state index in [0.29, 0.717) is 0 Å². The lowest BCUT2D eigenvalue weighted by Crippen LogP contribution is -2.53. The van der Waals surface area contributed by atoms with Gasteiger partial charge in [0.1, 0.15) is 29.5 Å². The molecule has 2 aromatic rings. The minimum absolute atomic E-state index is 0.0324. The molecule has 1 aliphatic rings. The molecule has 32 heavy (non-hydrogen) atoms. The average Bonchev–Trinajstić information content (AvgIpc) is 3.19. The van der Waals surface area contributed by atoms with Crippen molar-refractivity contribution in [1.29, 1.82) is 5.26 Å². The molecule has 1 unspecified atom stereocenters. The van der Waals surface area contributed by atoms with Crippen LogP contribution in [0.25, 0.3) is 0 Å². The van der Waals surface area contributed by atoms with E-state index in [-0.39, 0.29) is 42.9 Å². The van der Waals surface area contributed by atoms with E-state index in [1.54, 1.807) is 6.07 Å². The molecule has 162 valence electrons. The number of hydrogen-bond donors (Lipinski definition) is 1. The predicted molar refractivity (Wildman–Crippen MR) is 107 cm³/mol. The van der Waals surface area contributed by atoms with Crippen LogP contribution in [0.3, 0.4) is 0 Å². The minimum atomic E-state index is -1.73. The molecular formula is C23H17F2N3O4. The molecule has 0 radical (unpaired) electrons. The smallest absolute Gasteiger partial charge is 0.255 e. The summed E-state index contributed by atoms with van der Waals surface area (Å²) >= 11 is 0. The largest absolute Gasteiger partial charge is 0.449 e. The van der Waals surface area contributed by atoms with Crippen molar-refractivity contribution >= 4 is 11.8 Å². The van der Waals surface area contributed by atoms with E-state index in [1.807, 2.05) is 0 Å². The van der Waals surface area contributed by atoms with Gasteiger partial charge >= 0.3 is 0 Å². The van der Waals surface area contributed by atoms with Crippen molar-refractivity contribution in [2.75, 3.05) is 13.2 Å². The number of nitrogens with one attached hydrogen (secondary N) is 1. The SMILES string of the molecule is C#Cc1cc(F)c(C(C(=O)NC2COC2)N(Cc2ccc(C#N)o2)C(=O)C=C=C)c(F)c1. The first kappa shape index (κ1) is 22.5. The van der Waals surface area contributed by atoms with Crippen molar-refractivity contribution in [3.05, 3.63) is 76.9 Å². The van der Waals surface area contributed by atoms with E-state index >= 15 is 0 Å². The van der Waals surface area contributed by atoms with Crippen LogP contribution in [0.2, 0.25) is 0 Å². The fourth-order valence-corrected chi connectivity index (χ4v) is 3.11. The van der Waals surface area contributed by atoms with E-state index in [4.69, 9.17) is 20.8 Å². The lowest BCUT2D eigenvalue weighted by molar-refractivity contribution is -0.140. The van der Waals surface area contributed by atoms with Crippen molar-refractivity contribution in [2.45, 2.75) is 18.6 Å². The third-order valence-corrected chi connectivity index (χ3v) is 4.67. The number of furan rings is 1. The highest BCUT2D eigenvalue weighted by Crippen LogP contribution is 2.30. The maximum absolute atomic E-state index is 15.0. The van der Waals surface area contributed by atoms with Crippen LogP contribution in [0.4, 0.5) is 8.78 Å². The number of hydrogen-bond acceptors (Lipinski definition) is 5. The number of carbonyl (C=O) groups is 2. The van der Waals surface area contributed by atoms with Crippen molar-refractivity contribution in [1.82, 2.24) is 10.2 Å². The monoisotopic (exact) mass is 437 g/mol. The molecule has 9 heteroatoms. The van der Waals surface area contributed by atoms with Crippen LogP contribution < -0.4 is 5.32 Å². The zero-order valence-electron chi connectivity index (χ0n) is 16.7. The van der Waals surface area contributed by atoms with Gasteiger partial charge < -0.3 is 19.4 Å². The highest BCUT2D eigenvalue weighted by Gasteiger charge is 2.37. The van der Waals surface area contributed by atoms with E-state index < -0.39 is 35.1 Å². The number of ether oxygens (including phenoxy) is 1. The van der Waals surface area contributed by atoms with Gasteiger partial charge in [-0.2, -0.15) is 5.26 Å². The van der Waals surface area contributed by atoms with Gasteiger partial charge in [0.25, 0.3) is 5.91 Å². The summed E-state index contributed by atoms with van der Waals surface area (Å²) in [5, 5.41) is 11.6. The molecule has 1 N–H and O–H groups in total. The Bertz CT molecular complexity index is 1160. The quantitative estimate of drug-likeness (QED) is 0.408. The van der Waals surface area contributed by atoms with Crippen LogP contribution in [0.15, 0.2) is 47.1 Å². The summed E-state index contributed by atoms with van der Waals surface area (Å²) in [6.45, 7) is 3.42. The summed E-state index contributed by atoms with van der Waals surface area (Å²) in [5.74, 6) is -1.61. The average molecular weight is 437 g/mol. The molecule has 2 amide bonds.